The Morgan fingerprint density at radius 1 is 0.771 bits per heavy atom. The van der Waals surface area contributed by atoms with Crippen molar-refractivity contribution in [3.8, 4) is 0 Å². The van der Waals surface area contributed by atoms with Gasteiger partial charge in [-0.05, 0) is 103 Å². The molecule has 5 N–H and O–H groups in total. The summed E-state index contributed by atoms with van der Waals surface area (Å²) in [6.07, 6.45) is 3.57. The molecule has 16 nitrogen and oxygen atoms in total. The first-order chi connectivity index (χ1) is 22.3. The van der Waals surface area contributed by atoms with Crippen molar-refractivity contribution >= 4 is 58.9 Å². The number of carboxylic acids is 1. The van der Waals surface area contributed by atoms with Gasteiger partial charge in [-0.1, -0.05) is 0 Å². The van der Waals surface area contributed by atoms with Crippen molar-refractivity contribution in [2.75, 3.05) is 37.8 Å². The van der Waals surface area contributed by atoms with Gasteiger partial charge >= 0.3 is 18.2 Å². The molecule has 0 aromatic carbocycles. The van der Waals surface area contributed by atoms with Gasteiger partial charge in [-0.15, -0.1) is 0 Å². The number of likely N-dealkylation sites (N-methyl/N-ethyl adjacent to an activating group) is 1. The normalized spacial score (nSPS) is 12.3. The largest absolute Gasteiger partial charge is 0.480 e. The Morgan fingerprint density at radius 3 is 1.52 bits per heavy atom. The Kier molecular flexibility index (Phi) is 17.6. The minimum absolute atomic E-state index is 0.130. The standard InChI is InChI=1S/C16H26ClN5O3.C14H21ClN4O4/c1-16(2,3)25-15(24)20-11(13(23)22(4)5)7-6-9-18-12-8-10-19-14(17)21-12;1-14(2,3)23-13(22)18-9(11(20)21)5-4-7-16-10-6-8-17-12(15)19-10/h8,10-11H,6-7,9H2,1-5H3,(H,20,24)(H,18,19,21);6,8-9H,4-5,7H2,1-3H3,(H,18,22)(H,20,21)(H,16,17,19)/t11-;9-/m00/s1. The third kappa shape index (κ3) is 19.5. The molecule has 0 aliphatic carbocycles. The molecule has 0 unspecified atom stereocenters. The summed E-state index contributed by atoms with van der Waals surface area (Å²) in [5.41, 5.74) is -1.30. The monoisotopic (exact) mass is 715 g/mol. The van der Waals surface area contributed by atoms with Crippen LogP contribution in [0.4, 0.5) is 21.2 Å². The lowest BCUT2D eigenvalue weighted by Crippen LogP contribution is -2.47. The predicted molar refractivity (Wildman–Crippen MR) is 182 cm³/mol. The minimum Gasteiger partial charge on any atom is -0.480 e. The van der Waals surface area contributed by atoms with E-state index < -0.39 is 41.4 Å². The van der Waals surface area contributed by atoms with Crippen LogP contribution >= 0.6 is 23.2 Å². The van der Waals surface area contributed by atoms with Crippen LogP contribution in [0.1, 0.15) is 67.2 Å². The van der Waals surface area contributed by atoms with Crippen LogP contribution in [0.15, 0.2) is 24.5 Å². The summed E-state index contributed by atoms with van der Waals surface area (Å²) in [6, 6.07) is 1.69. The van der Waals surface area contributed by atoms with E-state index in [-0.39, 0.29) is 22.9 Å². The Labute approximate surface area is 291 Å². The zero-order valence-electron chi connectivity index (χ0n) is 28.6. The maximum atomic E-state index is 12.3. The van der Waals surface area contributed by atoms with Gasteiger partial charge in [0.25, 0.3) is 0 Å². The molecule has 0 radical (unpaired) electrons. The Hall–Kier alpha value is -4.18. The molecule has 268 valence electrons. The topological polar surface area (TPSA) is 210 Å². The van der Waals surface area contributed by atoms with Gasteiger partial charge in [-0.25, -0.2) is 34.3 Å². The summed E-state index contributed by atoms with van der Waals surface area (Å²) in [4.78, 5) is 64.0. The van der Waals surface area contributed by atoms with Crippen molar-refractivity contribution in [2.24, 2.45) is 0 Å². The molecule has 3 amide bonds. The van der Waals surface area contributed by atoms with Crippen molar-refractivity contribution in [1.82, 2.24) is 35.5 Å². The highest BCUT2D eigenvalue weighted by Crippen LogP contribution is 2.11. The van der Waals surface area contributed by atoms with Gasteiger partial charge in [0.1, 0.15) is 34.9 Å². The summed E-state index contributed by atoms with van der Waals surface area (Å²) in [7, 11) is 3.29. The smallest absolute Gasteiger partial charge is 0.408 e. The van der Waals surface area contributed by atoms with Gasteiger partial charge in [0.05, 0.1) is 0 Å². The van der Waals surface area contributed by atoms with E-state index in [1.165, 1.54) is 11.1 Å². The zero-order valence-corrected chi connectivity index (χ0v) is 30.1. The number of alkyl carbamates (subject to hydrolysis) is 2. The SMILES string of the molecule is CC(C)(C)OC(=O)N[C@@H](CCCNc1ccnc(Cl)n1)C(=O)O.CN(C)C(=O)[C@H](CCCNc1ccnc(Cl)n1)NC(=O)OC(C)(C)C. The number of nitrogens with one attached hydrogen (secondary N) is 4. The van der Waals surface area contributed by atoms with Gasteiger partial charge in [-0.3, -0.25) is 4.79 Å². The van der Waals surface area contributed by atoms with E-state index in [4.69, 9.17) is 37.8 Å². The van der Waals surface area contributed by atoms with Crippen LogP contribution in [-0.2, 0) is 19.1 Å². The minimum atomic E-state index is -1.11. The predicted octanol–water partition coefficient (Wildman–Crippen LogP) is 4.60. The summed E-state index contributed by atoms with van der Waals surface area (Å²) >= 11 is 11.4. The molecule has 0 fully saturated rings. The number of carbonyl (C=O) groups excluding carboxylic acids is 3. The molecule has 0 saturated carbocycles. The number of rotatable bonds is 14. The van der Waals surface area contributed by atoms with Gasteiger partial charge < -0.3 is 40.7 Å². The summed E-state index contributed by atoms with van der Waals surface area (Å²) in [5.74, 6) is -0.135. The summed E-state index contributed by atoms with van der Waals surface area (Å²) in [5, 5.41) is 20.5. The fourth-order valence-electron chi connectivity index (χ4n) is 3.64. The number of anilines is 2. The van der Waals surface area contributed by atoms with E-state index in [0.29, 0.717) is 44.0 Å². The average Bonchev–Trinajstić information content (AvgIpc) is 2.94. The molecular weight excluding hydrogens is 669 g/mol. The molecule has 2 aromatic heterocycles. The summed E-state index contributed by atoms with van der Waals surface area (Å²) in [6.45, 7) is 11.5. The number of carbonyl (C=O) groups is 4. The van der Waals surface area contributed by atoms with Crippen LogP contribution in [0.2, 0.25) is 10.6 Å². The van der Waals surface area contributed by atoms with E-state index in [1.807, 2.05) is 0 Å². The van der Waals surface area contributed by atoms with Gasteiger partial charge in [0.15, 0.2) is 0 Å². The maximum Gasteiger partial charge on any atom is 0.408 e. The molecule has 18 heteroatoms. The Morgan fingerprint density at radius 2 is 1.17 bits per heavy atom. The molecule has 0 aliphatic heterocycles. The fraction of sp³-hybridized carbons (Fsp3) is 0.600. The fourth-order valence-corrected chi connectivity index (χ4v) is 3.93. The van der Waals surface area contributed by atoms with Crippen LogP contribution in [0.5, 0.6) is 0 Å². The molecule has 48 heavy (non-hydrogen) atoms. The van der Waals surface area contributed by atoms with E-state index in [0.717, 1.165) is 0 Å². The lowest BCUT2D eigenvalue weighted by atomic mass is 10.1. The molecule has 2 rings (SSSR count). The summed E-state index contributed by atoms with van der Waals surface area (Å²) < 4.78 is 10.3. The van der Waals surface area contributed by atoms with Crippen LogP contribution < -0.4 is 21.3 Å². The quantitative estimate of drug-likeness (QED) is 0.134. The molecule has 0 aliphatic rings. The zero-order chi connectivity index (χ0) is 36.5. The number of aliphatic carboxylic acids is 1. The van der Waals surface area contributed by atoms with Crippen LogP contribution in [0, 0.1) is 0 Å². The van der Waals surface area contributed by atoms with Crippen molar-refractivity contribution in [3.05, 3.63) is 35.1 Å². The molecule has 2 aromatic rings. The van der Waals surface area contributed by atoms with Crippen molar-refractivity contribution in [3.63, 3.8) is 0 Å². The number of aromatic nitrogens is 4. The van der Waals surface area contributed by atoms with E-state index in [2.05, 4.69) is 41.2 Å². The van der Waals surface area contributed by atoms with E-state index >= 15 is 0 Å². The van der Waals surface area contributed by atoms with E-state index in [1.54, 1.807) is 74.0 Å². The van der Waals surface area contributed by atoms with Gasteiger partial charge in [-0.2, -0.15) is 0 Å². The number of halogens is 2. The second-order valence-corrected chi connectivity index (χ2v) is 13.2. The highest BCUT2D eigenvalue weighted by molar-refractivity contribution is 6.28. The number of hydrogen-bond donors (Lipinski definition) is 5. The second-order valence-electron chi connectivity index (χ2n) is 12.5. The van der Waals surface area contributed by atoms with Crippen molar-refractivity contribution < 1.29 is 33.8 Å². The highest BCUT2D eigenvalue weighted by Gasteiger charge is 2.25. The first-order valence-corrected chi connectivity index (χ1v) is 15.9. The third-order valence-corrected chi connectivity index (χ3v) is 5.99. The number of hydrogen-bond acceptors (Lipinski definition) is 12. The maximum absolute atomic E-state index is 12.3. The van der Waals surface area contributed by atoms with Gasteiger partial charge in [0, 0.05) is 39.6 Å². The lowest BCUT2D eigenvalue weighted by Gasteiger charge is -2.25. The van der Waals surface area contributed by atoms with Crippen LogP contribution in [-0.4, -0.2) is 104 Å². The average molecular weight is 717 g/mol. The molecule has 0 saturated heterocycles. The van der Waals surface area contributed by atoms with Crippen molar-refractivity contribution in [2.45, 2.75) is 90.5 Å². The Bertz CT molecular complexity index is 1340. The second kappa shape index (κ2) is 20.2. The van der Waals surface area contributed by atoms with Crippen LogP contribution in [0.25, 0.3) is 0 Å². The van der Waals surface area contributed by atoms with Crippen LogP contribution in [0.3, 0.4) is 0 Å². The van der Waals surface area contributed by atoms with Crippen molar-refractivity contribution in [1.29, 1.82) is 0 Å². The first-order valence-electron chi connectivity index (χ1n) is 15.1. The highest BCUT2D eigenvalue weighted by atomic mass is 35.5. The molecule has 2 atom stereocenters. The molecule has 0 spiro atoms. The third-order valence-electron chi connectivity index (χ3n) is 5.62. The number of ether oxygens (including phenoxy) is 2. The molecule has 0 bridgehead atoms. The molecule has 2 heterocycles. The first kappa shape index (κ1) is 41.8. The number of carboxylic acid groups (broad SMARTS) is 1. The molecular formula is C30H47Cl2N9O7. The lowest BCUT2D eigenvalue weighted by molar-refractivity contribution is -0.139. The number of nitrogens with zero attached hydrogens (tertiary/aromatic N) is 5. The van der Waals surface area contributed by atoms with Gasteiger partial charge in [0.2, 0.25) is 16.5 Å². The Balaban J connectivity index is 0.000000482. The van der Waals surface area contributed by atoms with E-state index in [9.17, 15) is 19.2 Å². The number of amides is 3.